The average molecular weight is 503 g/mol. The van der Waals surface area contributed by atoms with Gasteiger partial charge in [-0.25, -0.2) is 0 Å². The molecule has 0 saturated heterocycles. The molecule has 0 spiro atoms. The Morgan fingerprint density at radius 3 is 2.28 bits per heavy atom. The second-order valence-electron chi connectivity index (χ2n) is 7.10. The number of rotatable bonds is 2. The second kappa shape index (κ2) is 6.86. The summed E-state index contributed by atoms with van der Waals surface area (Å²) in [5, 5.41) is 0. The van der Waals surface area contributed by atoms with Crippen molar-refractivity contribution in [1.82, 2.24) is 4.98 Å². The van der Waals surface area contributed by atoms with E-state index in [1.54, 1.807) is 11.1 Å². The number of hydrogen-bond donors (Lipinski definition) is 0. The predicted molar refractivity (Wildman–Crippen MR) is 97.9 cm³/mol. The van der Waals surface area contributed by atoms with Gasteiger partial charge in [0, 0.05) is 26.3 Å². The van der Waals surface area contributed by atoms with Crippen molar-refractivity contribution in [3.8, 4) is 22.4 Å². The summed E-state index contributed by atoms with van der Waals surface area (Å²) in [6.07, 6.45) is 7.37. The minimum Gasteiger partial charge on any atom is -0.305 e. The number of nitrogens with zero attached hydrogens (tertiary/aromatic N) is 1. The molecule has 1 fully saturated rings. The van der Waals surface area contributed by atoms with Gasteiger partial charge in [0.05, 0.1) is 0 Å². The molecule has 2 aromatic carbocycles. The van der Waals surface area contributed by atoms with Crippen LogP contribution in [0.4, 0.5) is 0 Å². The molecule has 1 saturated carbocycles. The van der Waals surface area contributed by atoms with Gasteiger partial charge in [-0.05, 0) is 41.6 Å². The molecule has 1 radical (unpaired) electrons. The fraction of sp³-hybridized carbons (Fsp3) is 0.261. The van der Waals surface area contributed by atoms with E-state index in [2.05, 4.69) is 65.6 Å². The van der Waals surface area contributed by atoms with Crippen molar-refractivity contribution in [3.05, 3.63) is 78.0 Å². The van der Waals surface area contributed by atoms with E-state index in [0.717, 1.165) is 23.1 Å². The van der Waals surface area contributed by atoms with Crippen molar-refractivity contribution in [3.63, 3.8) is 0 Å². The van der Waals surface area contributed by atoms with Crippen LogP contribution in [0, 0.1) is 6.07 Å². The minimum absolute atomic E-state index is 0. The maximum atomic E-state index is 4.61. The van der Waals surface area contributed by atoms with Crippen molar-refractivity contribution in [2.24, 2.45) is 0 Å². The first-order valence-corrected chi connectivity index (χ1v) is 8.96. The summed E-state index contributed by atoms with van der Waals surface area (Å²) in [5.74, 6) is 1.54. The SMILES string of the molecule is [Ir].[c-]1cc2c(cc1-c1cc(-c3ccccc3)ccn1)C1CCC2CC1. The predicted octanol–water partition coefficient (Wildman–Crippen LogP) is 5.97. The quantitative estimate of drug-likeness (QED) is 0.394. The van der Waals surface area contributed by atoms with Crippen LogP contribution in [-0.4, -0.2) is 4.98 Å². The van der Waals surface area contributed by atoms with Crippen LogP contribution in [0.25, 0.3) is 22.4 Å². The average Bonchev–Trinajstić information content (AvgIpc) is 2.69. The largest absolute Gasteiger partial charge is 0.305 e. The van der Waals surface area contributed by atoms with E-state index >= 15 is 0 Å². The van der Waals surface area contributed by atoms with E-state index in [4.69, 9.17) is 0 Å². The summed E-state index contributed by atoms with van der Waals surface area (Å²) >= 11 is 0. The zero-order valence-electron chi connectivity index (χ0n) is 14.0. The number of hydrogen-bond acceptors (Lipinski definition) is 1. The summed E-state index contributed by atoms with van der Waals surface area (Å²) in [4.78, 5) is 4.61. The molecule has 1 nitrogen and oxygen atoms in total. The van der Waals surface area contributed by atoms with Crippen LogP contribution < -0.4 is 0 Å². The van der Waals surface area contributed by atoms with E-state index in [9.17, 15) is 0 Å². The van der Waals surface area contributed by atoms with Crippen LogP contribution in [0.3, 0.4) is 0 Å². The summed E-state index contributed by atoms with van der Waals surface area (Å²) in [5.41, 5.74) is 7.74. The molecule has 3 aliphatic rings. The molecule has 0 aliphatic heterocycles. The first-order chi connectivity index (χ1) is 11.9. The summed E-state index contributed by atoms with van der Waals surface area (Å²) in [7, 11) is 0. The Morgan fingerprint density at radius 1 is 0.800 bits per heavy atom. The topological polar surface area (TPSA) is 12.9 Å². The zero-order chi connectivity index (χ0) is 15.9. The minimum atomic E-state index is 0. The Morgan fingerprint density at radius 2 is 1.52 bits per heavy atom. The fourth-order valence-electron chi connectivity index (χ4n) is 4.48. The van der Waals surface area contributed by atoms with Gasteiger partial charge in [-0.2, -0.15) is 0 Å². The smallest absolute Gasteiger partial charge is 0.0166 e. The molecule has 3 aliphatic carbocycles. The molecule has 2 heteroatoms. The van der Waals surface area contributed by atoms with E-state index < -0.39 is 0 Å². The number of pyridine rings is 1. The first kappa shape index (κ1) is 16.7. The van der Waals surface area contributed by atoms with Crippen molar-refractivity contribution in [2.75, 3.05) is 0 Å². The summed E-state index contributed by atoms with van der Waals surface area (Å²) in [6.45, 7) is 0. The second-order valence-corrected chi connectivity index (χ2v) is 7.10. The molecule has 0 amide bonds. The van der Waals surface area contributed by atoms with Gasteiger partial charge in [0.25, 0.3) is 0 Å². The van der Waals surface area contributed by atoms with Gasteiger partial charge in [0.2, 0.25) is 0 Å². The van der Waals surface area contributed by atoms with Gasteiger partial charge in [0.15, 0.2) is 0 Å². The van der Waals surface area contributed by atoms with Gasteiger partial charge in [-0.1, -0.05) is 55.2 Å². The molecule has 3 aromatic rings. The van der Waals surface area contributed by atoms with Crippen LogP contribution in [-0.2, 0) is 20.1 Å². The molecular weight excluding hydrogens is 482 g/mol. The molecule has 0 atom stereocenters. The maximum Gasteiger partial charge on any atom is 0.0166 e. The third kappa shape index (κ3) is 2.99. The van der Waals surface area contributed by atoms with Crippen LogP contribution >= 0.6 is 0 Å². The molecule has 1 heterocycles. The number of fused-ring (bicyclic) bond motifs is 2. The Kier molecular flexibility index (Phi) is 4.58. The van der Waals surface area contributed by atoms with Crippen molar-refractivity contribution in [2.45, 2.75) is 37.5 Å². The molecule has 6 rings (SSSR count). The Labute approximate surface area is 162 Å². The van der Waals surface area contributed by atoms with Crippen molar-refractivity contribution in [1.29, 1.82) is 0 Å². The molecule has 127 valence electrons. The van der Waals surface area contributed by atoms with Crippen LogP contribution in [0.15, 0.2) is 60.8 Å². The van der Waals surface area contributed by atoms with Crippen LogP contribution in [0.1, 0.15) is 48.6 Å². The van der Waals surface area contributed by atoms with Crippen LogP contribution in [0.5, 0.6) is 0 Å². The molecule has 2 bridgehead atoms. The van der Waals surface area contributed by atoms with Crippen molar-refractivity contribution < 1.29 is 20.1 Å². The first-order valence-electron chi connectivity index (χ1n) is 8.96. The maximum absolute atomic E-state index is 4.61. The molecular formula is C23H20IrN-. The van der Waals surface area contributed by atoms with Crippen LogP contribution in [0.2, 0.25) is 0 Å². The van der Waals surface area contributed by atoms with Gasteiger partial charge >= 0.3 is 0 Å². The normalized spacial score (nSPS) is 20.6. The third-order valence-corrected chi connectivity index (χ3v) is 5.77. The van der Waals surface area contributed by atoms with Gasteiger partial charge in [0.1, 0.15) is 0 Å². The van der Waals surface area contributed by atoms with E-state index in [1.165, 1.54) is 36.8 Å². The monoisotopic (exact) mass is 503 g/mol. The van der Waals surface area contributed by atoms with E-state index in [-0.39, 0.29) is 20.1 Å². The Bertz CT molecular complexity index is 880. The van der Waals surface area contributed by atoms with Gasteiger partial charge < -0.3 is 4.98 Å². The summed E-state index contributed by atoms with van der Waals surface area (Å²) in [6, 6.07) is 22.9. The third-order valence-electron chi connectivity index (χ3n) is 5.77. The number of benzene rings is 2. The Hall–Kier alpha value is -1.76. The summed E-state index contributed by atoms with van der Waals surface area (Å²) < 4.78 is 0. The van der Waals surface area contributed by atoms with E-state index in [1.807, 2.05) is 6.20 Å². The molecule has 1 aromatic heterocycles. The number of aromatic nitrogens is 1. The molecule has 25 heavy (non-hydrogen) atoms. The van der Waals surface area contributed by atoms with Gasteiger partial charge in [-0.15, -0.1) is 34.9 Å². The zero-order valence-corrected chi connectivity index (χ0v) is 16.4. The molecule has 0 N–H and O–H groups in total. The Balaban J connectivity index is 0.00000157. The fourth-order valence-corrected chi connectivity index (χ4v) is 4.48. The van der Waals surface area contributed by atoms with Crippen molar-refractivity contribution >= 4 is 0 Å². The van der Waals surface area contributed by atoms with Gasteiger partial charge in [-0.3, -0.25) is 0 Å². The molecule has 0 unspecified atom stereocenters. The van der Waals surface area contributed by atoms with E-state index in [0.29, 0.717) is 0 Å². The standard InChI is InChI=1S/C23H20N.Ir/c1-2-4-16(5-3-1)19-12-13-24-23(15-19)20-10-11-21-17-6-8-18(9-7-17)22(21)14-20;/h1-5,11-15,17-18H,6-9H2;/q-1;.